The number of carbonyl (C=O) groups is 1. The number of nitrogens with zero attached hydrogens (tertiary/aromatic N) is 2. The van der Waals surface area contributed by atoms with Crippen molar-refractivity contribution in [3.63, 3.8) is 0 Å². The Hall–Kier alpha value is -1.44. The molecule has 1 aliphatic heterocycles. The van der Waals surface area contributed by atoms with Crippen molar-refractivity contribution in [2.24, 2.45) is 0 Å². The first kappa shape index (κ1) is 19.9. The van der Waals surface area contributed by atoms with Crippen molar-refractivity contribution in [3.8, 4) is 0 Å². The Bertz CT molecular complexity index is 1010. The van der Waals surface area contributed by atoms with Gasteiger partial charge < -0.3 is 10.0 Å². The van der Waals surface area contributed by atoms with Gasteiger partial charge in [-0.3, -0.25) is 9.78 Å². The Morgan fingerprint density at radius 1 is 1.29 bits per heavy atom. The third-order valence-electron chi connectivity index (χ3n) is 5.18. The van der Waals surface area contributed by atoms with Gasteiger partial charge in [-0.2, -0.15) is 0 Å². The van der Waals surface area contributed by atoms with Gasteiger partial charge in [-0.15, -0.1) is 23.1 Å². The highest BCUT2D eigenvalue weighted by Crippen LogP contribution is 2.37. The van der Waals surface area contributed by atoms with Crippen molar-refractivity contribution in [1.29, 1.82) is 0 Å². The number of aliphatic hydroxyl groups is 1. The standard InChI is InChI=1S/C21H21ClN2O2S2/c1-24-10-7-21(26,8-11-24)20-5-4-19(28-20)17(25)13-27-18-6-9-23-16-12-14(22)2-3-15(16)18/h2-6,9,12,26H,7-8,10-11,13H2,1H3. The lowest BCUT2D eigenvalue weighted by Crippen LogP contribution is -2.40. The van der Waals surface area contributed by atoms with Crippen LogP contribution < -0.4 is 0 Å². The van der Waals surface area contributed by atoms with E-state index in [1.807, 2.05) is 36.4 Å². The zero-order chi connectivity index (χ0) is 19.7. The molecule has 4 nitrogen and oxygen atoms in total. The number of halogens is 1. The molecular weight excluding hydrogens is 412 g/mol. The van der Waals surface area contributed by atoms with Crippen LogP contribution in [-0.4, -0.2) is 46.7 Å². The van der Waals surface area contributed by atoms with Gasteiger partial charge in [0.1, 0.15) is 5.60 Å². The third kappa shape index (κ3) is 4.11. The van der Waals surface area contributed by atoms with E-state index in [0.717, 1.165) is 33.8 Å². The van der Waals surface area contributed by atoms with Crippen LogP contribution in [0.1, 0.15) is 27.4 Å². The van der Waals surface area contributed by atoms with E-state index in [-0.39, 0.29) is 5.78 Å². The molecular formula is C21H21ClN2O2S2. The summed E-state index contributed by atoms with van der Waals surface area (Å²) in [6.07, 6.45) is 3.15. The number of hydrogen-bond acceptors (Lipinski definition) is 6. The van der Waals surface area contributed by atoms with Crippen molar-refractivity contribution in [1.82, 2.24) is 9.88 Å². The first-order valence-electron chi connectivity index (χ1n) is 9.16. The van der Waals surface area contributed by atoms with Crippen LogP contribution >= 0.6 is 34.7 Å². The fourth-order valence-corrected chi connectivity index (χ4v) is 5.68. The molecule has 0 radical (unpaired) electrons. The number of pyridine rings is 1. The summed E-state index contributed by atoms with van der Waals surface area (Å²) in [5.74, 6) is 0.430. The highest BCUT2D eigenvalue weighted by atomic mass is 35.5. The van der Waals surface area contributed by atoms with Crippen LogP contribution in [0.4, 0.5) is 0 Å². The van der Waals surface area contributed by atoms with Crippen molar-refractivity contribution in [2.75, 3.05) is 25.9 Å². The SMILES string of the molecule is CN1CCC(O)(c2ccc(C(=O)CSc3ccnc4cc(Cl)ccc34)s2)CC1. The molecule has 1 N–H and O–H groups in total. The first-order chi connectivity index (χ1) is 13.4. The van der Waals surface area contributed by atoms with Gasteiger partial charge in [0.05, 0.1) is 16.1 Å². The molecule has 146 valence electrons. The zero-order valence-electron chi connectivity index (χ0n) is 15.5. The molecule has 3 aromatic rings. The van der Waals surface area contributed by atoms with Crippen molar-refractivity contribution in [3.05, 3.63) is 57.4 Å². The van der Waals surface area contributed by atoms with Crippen LogP contribution in [0, 0.1) is 0 Å². The molecule has 2 aromatic heterocycles. The van der Waals surface area contributed by atoms with Gasteiger partial charge in [-0.1, -0.05) is 17.7 Å². The first-order valence-corrected chi connectivity index (χ1v) is 11.3. The van der Waals surface area contributed by atoms with Crippen LogP contribution in [0.15, 0.2) is 47.5 Å². The number of carbonyl (C=O) groups excluding carboxylic acids is 1. The maximum atomic E-state index is 12.7. The molecule has 7 heteroatoms. The van der Waals surface area contributed by atoms with Crippen LogP contribution in [-0.2, 0) is 5.60 Å². The Balaban J connectivity index is 1.46. The topological polar surface area (TPSA) is 53.4 Å². The molecule has 0 bridgehead atoms. The van der Waals surface area contributed by atoms with E-state index >= 15 is 0 Å². The minimum Gasteiger partial charge on any atom is -0.384 e. The fraction of sp³-hybridized carbons (Fsp3) is 0.333. The van der Waals surface area contributed by atoms with Crippen molar-refractivity contribution in [2.45, 2.75) is 23.3 Å². The zero-order valence-corrected chi connectivity index (χ0v) is 17.9. The molecule has 0 atom stereocenters. The van der Waals surface area contributed by atoms with Gasteiger partial charge in [-0.05, 0) is 50.2 Å². The number of thioether (sulfide) groups is 1. The van der Waals surface area contributed by atoms with Gasteiger partial charge >= 0.3 is 0 Å². The second kappa shape index (κ2) is 8.13. The summed E-state index contributed by atoms with van der Waals surface area (Å²) in [6.45, 7) is 1.74. The predicted octanol–water partition coefficient (Wildman–Crippen LogP) is 4.84. The van der Waals surface area contributed by atoms with E-state index in [2.05, 4.69) is 16.9 Å². The quantitative estimate of drug-likeness (QED) is 0.462. The third-order valence-corrected chi connectivity index (χ3v) is 7.81. The number of aromatic nitrogens is 1. The molecule has 1 saturated heterocycles. The predicted molar refractivity (Wildman–Crippen MR) is 117 cm³/mol. The van der Waals surface area contributed by atoms with Crippen LogP contribution in [0.2, 0.25) is 5.02 Å². The van der Waals surface area contributed by atoms with Crippen LogP contribution in [0.5, 0.6) is 0 Å². The van der Waals surface area contributed by atoms with Crippen LogP contribution in [0.3, 0.4) is 0 Å². The summed E-state index contributed by atoms with van der Waals surface area (Å²) in [7, 11) is 2.07. The summed E-state index contributed by atoms with van der Waals surface area (Å²) in [5, 5.41) is 12.6. The number of fused-ring (bicyclic) bond motifs is 1. The van der Waals surface area contributed by atoms with Gasteiger partial charge in [-0.25, -0.2) is 0 Å². The number of rotatable bonds is 5. The number of thiophene rings is 1. The number of hydrogen-bond donors (Lipinski definition) is 1. The normalized spacial score (nSPS) is 17.1. The van der Waals surface area contributed by atoms with E-state index in [1.165, 1.54) is 23.1 Å². The van der Waals surface area contributed by atoms with Gasteiger partial charge in [0.25, 0.3) is 0 Å². The van der Waals surface area contributed by atoms with Crippen molar-refractivity contribution < 1.29 is 9.90 Å². The van der Waals surface area contributed by atoms with E-state index in [9.17, 15) is 9.90 Å². The Morgan fingerprint density at radius 2 is 2.07 bits per heavy atom. The smallest absolute Gasteiger partial charge is 0.182 e. The van der Waals surface area contributed by atoms with Crippen molar-refractivity contribution >= 4 is 51.4 Å². The van der Waals surface area contributed by atoms with Gasteiger partial charge in [0, 0.05) is 39.5 Å². The highest BCUT2D eigenvalue weighted by Gasteiger charge is 2.34. The van der Waals surface area contributed by atoms with E-state index in [4.69, 9.17) is 11.6 Å². The minimum absolute atomic E-state index is 0.0803. The summed E-state index contributed by atoms with van der Waals surface area (Å²) >= 11 is 8.98. The molecule has 0 unspecified atom stereocenters. The monoisotopic (exact) mass is 432 g/mol. The Morgan fingerprint density at radius 3 is 2.86 bits per heavy atom. The summed E-state index contributed by atoms with van der Waals surface area (Å²) in [4.78, 5) is 21.9. The molecule has 0 spiro atoms. The molecule has 3 heterocycles. The Labute approximate surface area is 177 Å². The second-order valence-electron chi connectivity index (χ2n) is 7.18. The van der Waals surface area contributed by atoms with Gasteiger partial charge in [0.2, 0.25) is 0 Å². The fourth-order valence-electron chi connectivity index (χ4n) is 3.41. The molecule has 28 heavy (non-hydrogen) atoms. The molecule has 1 aromatic carbocycles. The lowest BCUT2D eigenvalue weighted by atomic mass is 9.90. The minimum atomic E-state index is -0.802. The largest absolute Gasteiger partial charge is 0.384 e. The highest BCUT2D eigenvalue weighted by molar-refractivity contribution is 8.00. The summed E-state index contributed by atoms with van der Waals surface area (Å²) in [5.41, 5.74) is 0.0245. The van der Waals surface area contributed by atoms with E-state index in [0.29, 0.717) is 28.5 Å². The maximum Gasteiger partial charge on any atom is 0.182 e. The molecule has 1 aliphatic rings. The summed E-state index contributed by atoms with van der Waals surface area (Å²) in [6, 6.07) is 11.3. The molecule has 0 saturated carbocycles. The molecule has 0 amide bonds. The number of piperidine rings is 1. The average molecular weight is 433 g/mol. The number of Topliss-reactive ketones (excluding diaryl/α,β-unsaturated/α-hetero) is 1. The number of likely N-dealkylation sites (tertiary alicyclic amines) is 1. The molecule has 1 fully saturated rings. The lowest BCUT2D eigenvalue weighted by Gasteiger charge is -2.35. The molecule has 4 rings (SSSR count). The second-order valence-corrected chi connectivity index (χ2v) is 9.72. The lowest BCUT2D eigenvalue weighted by molar-refractivity contribution is -0.0172. The summed E-state index contributed by atoms with van der Waals surface area (Å²) < 4.78 is 0. The Kier molecular flexibility index (Phi) is 5.76. The maximum absolute atomic E-state index is 12.7. The number of ketones is 1. The van der Waals surface area contributed by atoms with Crippen LogP contribution in [0.25, 0.3) is 10.9 Å². The average Bonchev–Trinajstić information content (AvgIpc) is 3.19. The van der Waals surface area contributed by atoms with Gasteiger partial charge in [0.15, 0.2) is 5.78 Å². The molecule has 0 aliphatic carbocycles. The number of benzene rings is 1. The van der Waals surface area contributed by atoms with E-state index in [1.54, 1.807) is 6.20 Å². The van der Waals surface area contributed by atoms with E-state index < -0.39 is 5.60 Å².